The number of H-pyrrole nitrogens is 1. The fraction of sp³-hybridized carbons (Fsp3) is 0.409. The van der Waals surface area contributed by atoms with E-state index in [1.165, 1.54) is 0 Å². The van der Waals surface area contributed by atoms with Crippen LogP contribution in [0.1, 0.15) is 42.9 Å². The van der Waals surface area contributed by atoms with Gasteiger partial charge in [-0.1, -0.05) is 6.08 Å². The van der Waals surface area contributed by atoms with Gasteiger partial charge in [0.05, 0.1) is 22.5 Å². The van der Waals surface area contributed by atoms with Gasteiger partial charge in [-0.3, -0.25) is 19.9 Å². The molecule has 30 heavy (non-hydrogen) atoms. The first-order valence-electron chi connectivity index (χ1n) is 10.1. The second kappa shape index (κ2) is 7.37. The van der Waals surface area contributed by atoms with Crippen LogP contribution in [0.15, 0.2) is 28.9 Å². The third-order valence-corrected chi connectivity index (χ3v) is 6.22. The largest absolute Gasteiger partial charge is 0.381 e. The summed E-state index contributed by atoms with van der Waals surface area (Å²) in [7, 11) is 3.30. The monoisotopic (exact) mass is 409 g/mol. The Morgan fingerprint density at radius 2 is 2.10 bits per heavy atom. The minimum absolute atomic E-state index is 0.224. The summed E-state index contributed by atoms with van der Waals surface area (Å²) in [6.07, 6.45) is 6.07. The number of hydrogen-bond acceptors (Lipinski definition) is 6. The van der Waals surface area contributed by atoms with E-state index in [1.807, 2.05) is 12.1 Å². The summed E-state index contributed by atoms with van der Waals surface area (Å²) < 4.78 is 16.8. The fourth-order valence-corrected chi connectivity index (χ4v) is 4.77. The highest BCUT2D eigenvalue weighted by molar-refractivity contribution is 6.12. The Kier molecular flexibility index (Phi) is 4.67. The van der Waals surface area contributed by atoms with Crippen molar-refractivity contribution in [2.24, 2.45) is 5.92 Å². The van der Waals surface area contributed by atoms with E-state index in [4.69, 9.17) is 14.0 Å². The molecule has 8 heteroatoms. The Morgan fingerprint density at radius 1 is 1.27 bits per heavy atom. The quantitative estimate of drug-likeness (QED) is 0.495. The van der Waals surface area contributed by atoms with Gasteiger partial charge in [-0.2, -0.15) is 0 Å². The molecule has 3 heterocycles. The SMILES string of the molecule is COC(OC)[C@@H]1CC=C(c2cc3nccc3c3c(C4CCC(=O)NC4=O)[nH]oc23)C1. The maximum absolute atomic E-state index is 12.5. The Bertz CT molecular complexity index is 1170. The zero-order valence-electron chi connectivity index (χ0n) is 16.9. The van der Waals surface area contributed by atoms with E-state index in [9.17, 15) is 9.59 Å². The molecule has 1 aliphatic carbocycles. The molecule has 2 N–H and O–H groups in total. The average molecular weight is 409 g/mol. The summed E-state index contributed by atoms with van der Waals surface area (Å²) in [6, 6.07) is 3.96. The Labute approximate surface area is 172 Å². The zero-order valence-corrected chi connectivity index (χ0v) is 16.9. The summed E-state index contributed by atoms with van der Waals surface area (Å²) in [4.78, 5) is 28.6. The molecule has 5 rings (SSSR count). The van der Waals surface area contributed by atoms with Crippen molar-refractivity contribution in [3.05, 3.63) is 35.7 Å². The fourth-order valence-electron chi connectivity index (χ4n) is 4.77. The summed E-state index contributed by atoms with van der Waals surface area (Å²) >= 11 is 0. The van der Waals surface area contributed by atoms with Gasteiger partial charge in [0.15, 0.2) is 11.9 Å². The van der Waals surface area contributed by atoms with Crippen LogP contribution in [0.25, 0.3) is 27.4 Å². The molecule has 0 saturated carbocycles. The lowest BCUT2D eigenvalue weighted by Crippen LogP contribution is -2.39. The summed E-state index contributed by atoms with van der Waals surface area (Å²) in [5.74, 6) is -0.778. The van der Waals surface area contributed by atoms with Crippen LogP contribution in [0, 0.1) is 5.92 Å². The normalized spacial score (nSPS) is 22.3. The second-order valence-electron chi connectivity index (χ2n) is 7.90. The van der Waals surface area contributed by atoms with E-state index in [-0.39, 0.29) is 24.0 Å². The molecular formula is C22H23N3O5. The highest BCUT2D eigenvalue weighted by atomic mass is 16.7. The van der Waals surface area contributed by atoms with Gasteiger partial charge in [0, 0.05) is 43.7 Å². The topological polar surface area (TPSA) is 106 Å². The molecule has 1 aliphatic heterocycles. The number of piperidine rings is 1. The van der Waals surface area contributed by atoms with E-state index >= 15 is 0 Å². The van der Waals surface area contributed by atoms with Gasteiger partial charge >= 0.3 is 0 Å². The van der Waals surface area contributed by atoms with Crippen LogP contribution in [0.5, 0.6) is 0 Å². The Morgan fingerprint density at radius 3 is 2.87 bits per heavy atom. The van der Waals surface area contributed by atoms with E-state index < -0.39 is 5.92 Å². The number of hydrogen-bond donors (Lipinski definition) is 2. The number of rotatable bonds is 5. The molecular weight excluding hydrogens is 386 g/mol. The van der Waals surface area contributed by atoms with Gasteiger partial charge in [-0.15, -0.1) is 0 Å². The van der Waals surface area contributed by atoms with E-state index in [2.05, 4.69) is 21.5 Å². The van der Waals surface area contributed by atoms with Gasteiger partial charge in [-0.25, -0.2) is 5.16 Å². The van der Waals surface area contributed by atoms with E-state index in [0.717, 1.165) is 40.3 Å². The number of methoxy groups -OCH3 is 2. The number of allylic oxidation sites excluding steroid dienone is 2. The first kappa shape index (κ1) is 19.0. The predicted octanol–water partition coefficient (Wildman–Crippen LogP) is 3.24. The van der Waals surface area contributed by atoms with Crippen LogP contribution in [0.4, 0.5) is 0 Å². The molecule has 0 spiro atoms. The number of aromatic amines is 1. The van der Waals surface area contributed by atoms with Gasteiger partial charge in [-0.05, 0) is 37.0 Å². The molecule has 1 unspecified atom stereocenters. The van der Waals surface area contributed by atoms with E-state index in [1.54, 1.807) is 20.4 Å². The zero-order chi connectivity index (χ0) is 20.8. The molecule has 8 nitrogen and oxygen atoms in total. The number of amides is 2. The number of fused-ring (bicyclic) bond motifs is 3. The molecule has 1 fully saturated rings. The van der Waals surface area contributed by atoms with Crippen LogP contribution in [-0.2, 0) is 19.1 Å². The Balaban J connectivity index is 1.60. The molecule has 0 bridgehead atoms. The molecule has 3 aromatic rings. The van der Waals surface area contributed by atoms with Crippen molar-refractivity contribution < 1.29 is 23.6 Å². The third kappa shape index (κ3) is 2.95. The molecule has 1 saturated heterocycles. The number of ether oxygens (including phenoxy) is 2. The summed E-state index contributed by atoms with van der Waals surface area (Å²) in [5.41, 5.74) is 4.34. The average Bonchev–Trinajstić information content (AvgIpc) is 3.47. The smallest absolute Gasteiger partial charge is 0.235 e. The number of nitrogens with one attached hydrogen (secondary N) is 2. The molecule has 2 atom stereocenters. The molecule has 0 radical (unpaired) electrons. The van der Waals surface area contributed by atoms with Crippen LogP contribution in [0.3, 0.4) is 0 Å². The third-order valence-electron chi connectivity index (χ3n) is 6.22. The van der Waals surface area contributed by atoms with Crippen LogP contribution >= 0.6 is 0 Å². The lowest BCUT2D eigenvalue weighted by molar-refractivity contribution is -0.134. The number of imide groups is 1. The molecule has 2 aromatic heterocycles. The maximum atomic E-state index is 12.5. The van der Waals surface area contributed by atoms with E-state index in [0.29, 0.717) is 24.1 Å². The number of aromatic nitrogens is 2. The molecule has 156 valence electrons. The van der Waals surface area contributed by atoms with Crippen molar-refractivity contribution >= 4 is 39.3 Å². The van der Waals surface area contributed by atoms with Crippen LogP contribution < -0.4 is 5.32 Å². The van der Waals surface area contributed by atoms with Crippen molar-refractivity contribution in [2.45, 2.75) is 37.9 Å². The second-order valence-corrected chi connectivity index (χ2v) is 7.90. The van der Waals surface area contributed by atoms with Crippen molar-refractivity contribution in [2.75, 3.05) is 14.2 Å². The van der Waals surface area contributed by atoms with Gasteiger partial charge in [0.2, 0.25) is 11.8 Å². The lowest BCUT2D eigenvalue weighted by Gasteiger charge is -2.20. The first-order chi connectivity index (χ1) is 14.6. The van der Waals surface area contributed by atoms with Crippen LogP contribution in [-0.4, -0.2) is 42.5 Å². The standard InChI is InChI=1S/C22H23N3O5/c1-28-22(29-2)12-4-3-11(9-12)15-10-16-13(7-8-23-16)18-19(25-30-20(15)18)14-5-6-17(26)24-21(14)27/h3,7-8,10,12,14,22,25H,4-6,9H2,1-2H3,(H,24,26,27)/t12-,14?/m1/s1. The number of carbonyl (C=O) groups excluding carboxylic acids is 2. The van der Waals surface area contributed by atoms with Crippen molar-refractivity contribution in [3.63, 3.8) is 0 Å². The summed E-state index contributed by atoms with van der Waals surface area (Å²) in [5, 5.41) is 7.20. The molecule has 2 amide bonds. The molecule has 2 aliphatic rings. The Hall–Kier alpha value is -2.97. The predicted molar refractivity (Wildman–Crippen MR) is 109 cm³/mol. The number of carbonyl (C=O) groups is 2. The minimum Gasteiger partial charge on any atom is -0.381 e. The lowest BCUT2D eigenvalue weighted by atomic mass is 9.90. The highest BCUT2D eigenvalue weighted by Crippen LogP contribution is 2.42. The summed E-state index contributed by atoms with van der Waals surface area (Å²) in [6.45, 7) is 0. The van der Waals surface area contributed by atoms with Crippen molar-refractivity contribution in [3.8, 4) is 0 Å². The number of benzene rings is 1. The first-order valence-corrected chi connectivity index (χ1v) is 10.1. The minimum atomic E-state index is -0.464. The van der Waals surface area contributed by atoms with Gasteiger partial charge in [0.1, 0.15) is 0 Å². The van der Waals surface area contributed by atoms with Gasteiger partial charge < -0.3 is 14.0 Å². The van der Waals surface area contributed by atoms with Crippen LogP contribution in [0.2, 0.25) is 0 Å². The van der Waals surface area contributed by atoms with Crippen molar-refractivity contribution in [1.82, 2.24) is 15.5 Å². The number of nitrogens with zero attached hydrogens (tertiary/aromatic N) is 1. The molecule has 1 aromatic carbocycles. The van der Waals surface area contributed by atoms with Gasteiger partial charge in [0.25, 0.3) is 0 Å². The maximum Gasteiger partial charge on any atom is 0.235 e. The van der Waals surface area contributed by atoms with Crippen molar-refractivity contribution in [1.29, 1.82) is 0 Å². The highest BCUT2D eigenvalue weighted by Gasteiger charge is 2.33.